The fraction of sp³-hybridized carbons (Fsp3) is 0.0417. The first-order chi connectivity index (χ1) is 12.8. The van der Waals surface area contributed by atoms with Crippen molar-refractivity contribution in [1.82, 2.24) is 0 Å². The Morgan fingerprint density at radius 1 is 0.654 bits per heavy atom. The predicted molar refractivity (Wildman–Crippen MR) is 106 cm³/mol. The summed E-state index contributed by atoms with van der Waals surface area (Å²) in [6.45, 7) is 0. The van der Waals surface area contributed by atoms with Crippen molar-refractivity contribution < 1.29 is 4.79 Å². The van der Waals surface area contributed by atoms with Crippen LogP contribution in [-0.4, -0.2) is 5.91 Å². The minimum atomic E-state index is -0.0448. The summed E-state index contributed by atoms with van der Waals surface area (Å²) >= 11 is 0. The first-order valence-electron chi connectivity index (χ1n) is 8.79. The number of anilines is 1. The van der Waals surface area contributed by atoms with Gasteiger partial charge >= 0.3 is 0 Å². The number of benzene rings is 4. The van der Waals surface area contributed by atoms with E-state index in [9.17, 15) is 4.79 Å². The van der Waals surface area contributed by atoms with E-state index in [0.29, 0.717) is 0 Å². The molecular weight excluding hydrogens is 318 g/mol. The van der Waals surface area contributed by atoms with Gasteiger partial charge in [-0.2, -0.15) is 0 Å². The Morgan fingerprint density at radius 2 is 1.31 bits per heavy atom. The standard InChI is InChI=1S/C24H17NO/c26-24-21-15-18-11-5-4-10-17(18)14-20(21)23(16-8-2-1-3-9-16)19-12-6-7-13-22(19)25-24/h1-15,23H,(H,25,26). The molecule has 124 valence electrons. The van der Waals surface area contributed by atoms with Crippen molar-refractivity contribution in [2.45, 2.75) is 5.92 Å². The highest BCUT2D eigenvalue weighted by atomic mass is 16.1. The van der Waals surface area contributed by atoms with Gasteiger partial charge in [0.15, 0.2) is 0 Å². The highest BCUT2D eigenvalue weighted by Gasteiger charge is 2.28. The summed E-state index contributed by atoms with van der Waals surface area (Å²) in [5, 5.41) is 5.34. The monoisotopic (exact) mass is 335 g/mol. The average molecular weight is 335 g/mol. The fourth-order valence-corrected chi connectivity index (χ4v) is 3.92. The molecule has 0 saturated heterocycles. The molecule has 1 N–H and O–H groups in total. The number of carbonyl (C=O) groups is 1. The highest BCUT2D eigenvalue weighted by molar-refractivity contribution is 6.09. The lowest BCUT2D eigenvalue weighted by molar-refractivity contribution is 0.102. The average Bonchev–Trinajstić information content (AvgIpc) is 2.81. The molecule has 4 aromatic carbocycles. The summed E-state index contributed by atoms with van der Waals surface area (Å²) in [4.78, 5) is 13.0. The van der Waals surface area contributed by atoms with Crippen molar-refractivity contribution in [2.24, 2.45) is 0 Å². The molecule has 2 nitrogen and oxygen atoms in total. The molecule has 1 unspecified atom stereocenters. The third kappa shape index (κ3) is 2.31. The van der Waals surface area contributed by atoms with E-state index in [1.54, 1.807) is 0 Å². The summed E-state index contributed by atoms with van der Waals surface area (Å²) in [5.74, 6) is -0.0254. The number of hydrogen-bond donors (Lipinski definition) is 1. The Labute approximate surface area is 152 Å². The number of para-hydroxylation sites is 1. The first-order valence-corrected chi connectivity index (χ1v) is 8.79. The van der Waals surface area contributed by atoms with E-state index in [4.69, 9.17) is 0 Å². The molecule has 0 bridgehead atoms. The maximum atomic E-state index is 13.0. The van der Waals surface area contributed by atoms with Gasteiger partial charge in [0, 0.05) is 17.2 Å². The van der Waals surface area contributed by atoms with Gasteiger partial charge in [0.05, 0.1) is 0 Å². The van der Waals surface area contributed by atoms with E-state index >= 15 is 0 Å². The number of carbonyl (C=O) groups excluding carboxylic acids is 1. The van der Waals surface area contributed by atoms with E-state index in [1.807, 2.05) is 42.5 Å². The Hall–Kier alpha value is -3.39. The van der Waals surface area contributed by atoms with E-state index in [-0.39, 0.29) is 11.8 Å². The third-order valence-electron chi connectivity index (χ3n) is 5.13. The Bertz CT molecular complexity index is 1130. The Kier molecular flexibility index (Phi) is 3.36. The lowest BCUT2D eigenvalue weighted by atomic mass is 9.82. The van der Waals surface area contributed by atoms with Crippen LogP contribution in [0, 0.1) is 0 Å². The first kappa shape index (κ1) is 14.9. The van der Waals surface area contributed by atoms with Crippen molar-refractivity contribution >= 4 is 22.4 Å². The molecule has 1 aliphatic rings. The summed E-state index contributed by atoms with van der Waals surface area (Å²) < 4.78 is 0. The number of fused-ring (bicyclic) bond motifs is 3. The lowest BCUT2D eigenvalue weighted by Crippen LogP contribution is -2.12. The van der Waals surface area contributed by atoms with Gasteiger partial charge in [-0.3, -0.25) is 4.79 Å². The van der Waals surface area contributed by atoms with Crippen LogP contribution in [0.3, 0.4) is 0 Å². The van der Waals surface area contributed by atoms with E-state index in [0.717, 1.165) is 33.2 Å². The van der Waals surface area contributed by atoms with Crippen LogP contribution in [0.4, 0.5) is 5.69 Å². The van der Waals surface area contributed by atoms with Gasteiger partial charge in [-0.15, -0.1) is 0 Å². The number of hydrogen-bond acceptors (Lipinski definition) is 1. The summed E-state index contributed by atoms with van der Waals surface area (Å²) in [7, 11) is 0. The number of amides is 1. The molecular formula is C24H17NO. The molecule has 2 heteroatoms. The topological polar surface area (TPSA) is 29.1 Å². The lowest BCUT2D eigenvalue weighted by Gasteiger charge is -2.20. The van der Waals surface area contributed by atoms with Crippen LogP contribution in [0.2, 0.25) is 0 Å². The molecule has 1 aliphatic heterocycles. The van der Waals surface area contributed by atoms with Gasteiger partial charge in [0.2, 0.25) is 0 Å². The summed E-state index contributed by atoms with van der Waals surface area (Å²) in [5.41, 5.74) is 4.99. The summed E-state index contributed by atoms with van der Waals surface area (Å²) in [6.07, 6.45) is 0. The van der Waals surface area contributed by atoms with Crippen molar-refractivity contribution in [3.05, 3.63) is 113 Å². The quantitative estimate of drug-likeness (QED) is 0.483. The second-order valence-corrected chi connectivity index (χ2v) is 6.67. The van der Waals surface area contributed by atoms with Crippen LogP contribution < -0.4 is 5.32 Å². The zero-order valence-electron chi connectivity index (χ0n) is 14.1. The van der Waals surface area contributed by atoms with Crippen molar-refractivity contribution in [3.63, 3.8) is 0 Å². The second-order valence-electron chi connectivity index (χ2n) is 6.67. The van der Waals surface area contributed by atoms with Crippen LogP contribution in [0.15, 0.2) is 91.0 Å². The molecule has 5 rings (SSSR count). The van der Waals surface area contributed by atoms with E-state index < -0.39 is 0 Å². The molecule has 0 aliphatic carbocycles. The maximum Gasteiger partial charge on any atom is 0.256 e. The zero-order valence-corrected chi connectivity index (χ0v) is 14.1. The van der Waals surface area contributed by atoms with Gasteiger partial charge in [0.1, 0.15) is 0 Å². The van der Waals surface area contributed by atoms with Crippen molar-refractivity contribution in [2.75, 3.05) is 5.32 Å². The minimum Gasteiger partial charge on any atom is -0.322 e. The van der Waals surface area contributed by atoms with Crippen LogP contribution in [-0.2, 0) is 0 Å². The van der Waals surface area contributed by atoms with Crippen LogP contribution in [0.25, 0.3) is 10.8 Å². The van der Waals surface area contributed by atoms with Gasteiger partial charge in [0.25, 0.3) is 5.91 Å². The Morgan fingerprint density at radius 3 is 2.12 bits per heavy atom. The smallest absolute Gasteiger partial charge is 0.256 e. The second kappa shape index (κ2) is 5.85. The van der Waals surface area contributed by atoms with E-state index in [2.05, 4.69) is 53.8 Å². The zero-order chi connectivity index (χ0) is 17.5. The summed E-state index contributed by atoms with van der Waals surface area (Å²) in [6, 6.07) is 30.9. The van der Waals surface area contributed by atoms with Gasteiger partial charge in [-0.05, 0) is 45.7 Å². The van der Waals surface area contributed by atoms with Gasteiger partial charge in [-0.1, -0.05) is 72.8 Å². The number of rotatable bonds is 1. The van der Waals surface area contributed by atoms with Gasteiger partial charge < -0.3 is 5.32 Å². The molecule has 0 saturated carbocycles. The molecule has 0 fully saturated rings. The highest BCUT2D eigenvalue weighted by Crippen LogP contribution is 2.41. The minimum absolute atomic E-state index is 0.0194. The molecule has 26 heavy (non-hydrogen) atoms. The molecule has 0 radical (unpaired) electrons. The van der Waals surface area contributed by atoms with Crippen molar-refractivity contribution in [3.8, 4) is 0 Å². The van der Waals surface area contributed by atoms with Gasteiger partial charge in [-0.25, -0.2) is 0 Å². The molecule has 1 heterocycles. The van der Waals surface area contributed by atoms with Crippen molar-refractivity contribution in [1.29, 1.82) is 0 Å². The Balaban J connectivity index is 1.87. The number of nitrogens with one attached hydrogen (secondary N) is 1. The fourth-order valence-electron chi connectivity index (χ4n) is 3.92. The predicted octanol–water partition coefficient (Wildman–Crippen LogP) is 5.59. The van der Waals surface area contributed by atoms with E-state index in [1.165, 1.54) is 5.56 Å². The van der Waals surface area contributed by atoms with Crippen LogP contribution in [0.1, 0.15) is 33.0 Å². The van der Waals surface area contributed by atoms with Crippen LogP contribution in [0.5, 0.6) is 0 Å². The molecule has 1 atom stereocenters. The SMILES string of the molecule is O=C1Nc2ccccc2C(c2ccccc2)c2cc3ccccc3cc21. The molecule has 0 spiro atoms. The normalized spacial score (nSPS) is 15.7. The third-order valence-corrected chi connectivity index (χ3v) is 5.13. The van der Waals surface area contributed by atoms with Crippen LogP contribution >= 0.6 is 0 Å². The molecule has 0 aromatic heterocycles. The maximum absolute atomic E-state index is 13.0. The molecule has 4 aromatic rings. The molecule has 1 amide bonds. The largest absolute Gasteiger partial charge is 0.322 e.